The number of carbonyl (C=O) groups is 1. The lowest BCUT2D eigenvalue weighted by atomic mass is 10.2. The molecule has 0 aliphatic carbocycles. The van der Waals surface area contributed by atoms with Crippen LogP contribution in [0.1, 0.15) is 10.4 Å². The van der Waals surface area contributed by atoms with E-state index in [4.69, 9.17) is 20.4 Å². The van der Waals surface area contributed by atoms with E-state index in [-0.39, 0.29) is 5.95 Å². The number of piperazine rings is 1. The van der Waals surface area contributed by atoms with Crippen LogP contribution in [0.2, 0.25) is 0 Å². The zero-order valence-corrected chi connectivity index (χ0v) is 24.1. The van der Waals surface area contributed by atoms with Gasteiger partial charge in [0.05, 0.1) is 30.8 Å². The van der Waals surface area contributed by atoms with Gasteiger partial charge in [0.1, 0.15) is 6.29 Å². The van der Waals surface area contributed by atoms with Crippen molar-refractivity contribution in [3.63, 3.8) is 0 Å². The minimum Gasteiger partial charge on any atom is -0.378 e. The van der Waals surface area contributed by atoms with E-state index in [0.717, 1.165) is 73.5 Å². The van der Waals surface area contributed by atoms with Crippen LogP contribution < -0.4 is 15.5 Å². The number of nitrogen functional groups attached to an aromatic ring is 1. The number of anilines is 3. The fourth-order valence-corrected chi connectivity index (χ4v) is 5.12. The zero-order chi connectivity index (χ0) is 29.6. The predicted octanol–water partition coefficient (Wildman–Crippen LogP) is 2.94. The van der Waals surface area contributed by atoms with Crippen LogP contribution >= 0.6 is 0 Å². The molecule has 4 aromatic heterocycles. The number of nitrogens with two attached hydrogens (primary N) is 1. The average molecular weight is 579 g/mol. The molecule has 0 atom stereocenters. The van der Waals surface area contributed by atoms with Gasteiger partial charge in [0, 0.05) is 86.3 Å². The summed E-state index contributed by atoms with van der Waals surface area (Å²) >= 11 is 0. The van der Waals surface area contributed by atoms with Gasteiger partial charge in [-0.25, -0.2) is 15.0 Å². The maximum Gasteiger partial charge on any atom is 0.228 e. The molecule has 1 aromatic carbocycles. The number of pyridine rings is 1. The Labute approximate surface area is 249 Å². The van der Waals surface area contributed by atoms with E-state index in [2.05, 4.69) is 42.8 Å². The highest BCUT2D eigenvalue weighted by Gasteiger charge is 2.20. The Morgan fingerprint density at radius 3 is 2.26 bits per heavy atom. The van der Waals surface area contributed by atoms with E-state index < -0.39 is 0 Å². The number of rotatable bonds is 5. The van der Waals surface area contributed by atoms with Crippen molar-refractivity contribution in [3.05, 3.63) is 79.0 Å². The van der Waals surface area contributed by atoms with E-state index in [1.807, 2.05) is 47.4 Å². The molecule has 12 nitrogen and oxygen atoms in total. The number of morpholine rings is 1. The minimum atomic E-state index is 0.213. The Morgan fingerprint density at radius 1 is 0.837 bits per heavy atom. The molecule has 12 heteroatoms. The van der Waals surface area contributed by atoms with Crippen LogP contribution in [0, 0.1) is 0 Å². The Bertz CT molecular complexity index is 1640. The van der Waals surface area contributed by atoms with Crippen molar-refractivity contribution in [2.75, 3.05) is 75.1 Å². The van der Waals surface area contributed by atoms with Crippen molar-refractivity contribution < 1.29 is 9.53 Å². The van der Waals surface area contributed by atoms with Gasteiger partial charge in [-0.1, -0.05) is 0 Å². The summed E-state index contributed by atoms with van der Waals surface area (Å²) in [5, 5.41) is 0.875. The van der Waals surface area contributed by atoms with Gasteiger partial charge in [-0.3, -0.25) is 9.78 Å². The fourth-order valence-electron chi connectivity index (χ4n) is 5.12. The topological polar surface area (TPSA) is 131 Å². The highest BCUT2D eigenvalue weighted by molar-refractivity contribution is 5.92. The van der Waals surface area contributed by atoms with Gasteiger partial charge in [-0.05, 0) is 49.5 Å². The van der Waals surface area contributed by atoms with Crippen LogP contribution in [0.3, 0.4) is 0 Å². The molecule has 220 valence electrons. The van der Waals surface area contributed by atoms with Gasteiger partial charge in [0.2, 0.25) is 11.9 Å². The lowest BCUT2D eigenvalue weighted by molar-refractivity contribution is 0.112. The number of nitrogens with zero attached hydrogens (tertiary/aromatic N) is 9. The Hall–Kier alpha value is -4.94. The third kappa shape index (κ3) is 6.45. The van der Waals surface area contributed by atoms with Gasteiger partial charge in [-0.15, -0.1) is 0 Å². The summed E-state index contributed by atoms with van der Waals surface area (Å²) in [5.74, 6) is 0.840. The van der Waals surface area contributed by atoms with Gasteiger partial charge in [0.25, 0.3) is 0 Å². The number of carbonyl (C=O) groups excluding carboxylic acids is 1. The maximum absolute atomic E-state index is 11.0. The smallest absolute Gasteiger partial charge is 0.228 e. The van der Waals surface area contributed by atoms with E-state index >= 15 is 0 Å². The average Bonchev–Trinajstić information content (AvgIpc) is 3.50. The fraction of sp³-hybridized carbons (Fsp3) is 0.290. The Balaban J connectivity index is 0.000000211. The molecule has 7 rings (SSSR count). The van der Waals surface area contributed by atoms with Crippen LogP contribution in [0.5, 0.6) is 0 Å². The maximum atomic E-state index is 11.0. The second-order valence-electron chi connectivity index (χ2n) is 10.4. The molecule has 5 aromatic rings. The van der Waals surface area contributed by atoms with E-state index in [9.17, 15) is 4.79 Å². The number of aldehydes is 1. The molecular weight excluding hydrogens is 544 g/mol. The molecule has 0 amide bonds. The molecule has 6 heterocycles. The lowest BCUT2D eigenvalue weighted by Crippen LogP contribution is -2.44. The number of hydrogen-bond donors (Lipinski definition) is 1. The first kappa shape index (κ1) is 28.2. The number of benzene rings is 1. The monoisotopic (exact) mass is 578 g/mol. The molecular formula is C31H34N10O2. The SMILES string of the molecule is CN1CCN(c2cccnc2)CC1.Nc1ncc(-c2nc(N3CCOCC3)nc3c2ccn3-c2ccc(C=O)cc2)cn1. The zero-order valence-electron chi connectivity index (χ0n) is 24.1. The van der Waals surface area contributed by atoms with Crippen molar-refractivity contribution in [1.29, 1.82) is 0 Å². The van der Waals surface area contributed by atoms with E-state index in [1.54, 1.807) is 24.5 Å². The second-order valence-corrected chi connectivity index (χ2v) is 10.4. The van der Waals surface area contributed by atoms with Crippen LogP contribution in [-0.2, 0) is 4.74 Å². The van der Waals surface area contributed by atoms with Gasteiger partial charge >= 0.3 is 0 Å². The number of likely N-dealkylation sites (N-methyl/N-ethyl adjacent to an activating group) is 1. The molecule has 2 aliphatic heterocycles. The van der Waals surface area contributed by atoms with E-state index in [1.165, 1.54) is 5.69 Å². The summed E-state index contributed by atoms with van der Waals surface area (Å²) in [4.78, 5) is 39.9. The number of aromatic nitrogens is 6. The standard InChI is InChI=1S/C21H19N7O2.C10H15N3/c22-20-23-11-15(12-24-20)18-17-5-6-28(16-3-1-14(13-29)2-4-16)19(17)26-21(25-18)27-7-9-30-10-8-27;1-12-5-7-13(8-6-12)10-3-2-4-11-9-10/h1-6,11-13H,7-10H2,(H2,22,23,24);2-4,9H,5-8H2,1H3. The van der Waals surface area contributed by atoms with Crippen molar-refractivity contribution in [2.24, 2.45) is 0 Å². The summed E-state index contributed by atoms with van der Waals surface area (Å²) in [7, 11) is 2.17. The minimum absolute atomic E-state index is 0.213. The van der Waals surface area contributed by atoms with Crippen molar-refractivity contribution in [1.82, 2.24) is 34.4 Å². The second kappa shape index (κ2) is 12.9. The van der Waals surface area contributed by atoms with Crippen LogP contribution in [-0.4, -0.2) is 100 Å². The summed E-state index contributed by atoms with van der Waals surface area (Å²) < 4.78 is 7.46. The number of ether oxygens (including phenoxy) is 1. The van der Waals surface area contributed by atoms with Crippen LogP contribution in [0.15, 0.2) is 73.4 Å². The molecule has 0 bridgehead atoms. The Morgan fingerprint density at radius 2 is 1.58 bits per heavy atom. The Kier molecular flexibility index (Phi) is 8.47. The first-order valence-corrected chi connectivity index (χ1v) is 14.3. The normalized spacial score (nSPS) is 15.7. The number of hydrogen-bond acceptors (Lipinski definition) is 11. The van der Waals surface area contributed by atoms with Crippen LogP contribution in [0.4, 0.5) is 17.6 Å². The van der Waals surface area contributed by atoms with Crippen LogP contribution in [0.25, 0.3) is 28.0 Å². The molecule has 2 saturated heterocycles. The highest BCUT2D eigenvalue weighted by atomic mass is 16.5. The third-order valence-electron chi connectivity index (χ3n) is 7.59. The molecule has 0 saturated carbocycles. The summed E-state index contributed by atoms with van der Waals surface area (Å²) in [5.41, 5.74) is 10.7. The lowest BCUT2D eigenvalue weighted by Gasteiger charge is -2.33. The van der Waals surface area contributed by atoms with Crippen molar-refractivity contribution in [2.45, 2.75) is 0 Å². The third-order valence-corrected chi connectivity index (χ3v) is 7.59. The quantitative estimate of drug-likeness (QED) is 0.309. The van der Waals surface area contributed by atoms with E-state index in [0.29, 0.717) is 24.7 Å². The van der Waals surface area contributed by atoms with Crippen molar-refractivity contribution >= 4 is 34.9 Å². The highest BCUT2D eigenvalue weighted by Crippen LogP contribution is 2.30. The van der Waals surface area contributed by atoms with Gasteiger partial charge < -0.3 is 29.7 Å². The summed E-state index contributed by atoms with van der Waals surface area (Å²) in [6.07, 6.45) is 9.87. The molecule has 2 N–H and O–H groups in total. The molecule has 0 unspecified atom stereocenters. The molecule has 2 aliphatic rings. The van der Waals surface area contributed by atoms with Crippen molar-refractivity contribution in [3.8, 4) is 16.9 Å². The summed E-state index contributed by atoms with van der Waals surface area (Å²) in [6, 6.07) is 13.4. The largest absolute Gasteiger partial charge is 0.378 e. The molecule has 0 spiro atoms. The summed E-state index contributed by atoms with van der Waals surface area (Å²) in [6.45, 7) is 7.23. The van der Waals surface area contributed by atoms with Gasteiger partial charge in [-0.2, -0.15) is 4.98 Å². The first-order valence-electron chi connectivity index (χ1n) is 14.3. The molecule has 43 heavy (non-hydrogen) atoms. The first-order chi connectivity index (χ1) is 21.1. The molecule has 2 fully saturated rings. The van der Waals surface area contributed by atoms with Gasteiger partial charge in [0.15, 0.2) is 5.65 Å². The predicted molar refractivity (Wildman–Crippen MR) is 167 cm³/mol. The number of fused-ring (bicyclic) bond motifs is 1. The molecule has 0 radical (unpaired) electrons.